The minimum Gasteiger partial charge on any atom is -0.464 e. The second-order valence-corrected chi connectivity index (χ2v) is 7.62. The van der Waals surface area contributed by atoms with Gasteiger partial charge in [-0.25, -0.2) is 4.39 Å². The Balaban J connectivity index is 1.84. The highest BCUT2D eigenvalue weighted by Crippen LogP contribution is 2.38. The van der Waals surface area contributed by atoms with Crippen LogP contribution in [0, 0.1) is 5.82 Å². The Morgan fingerprint density at radius 3 is 2.45 bits per heavy atom. The van der Waals surface area contributed by atoms with Crippen LogP contribution in [0.5, 0.6) is 0 Å². The summed E-state index contributed by atoms with van der Waals surface area (Å²) < 4.78 is 62.7. The number of nitrogens with zero attached hydrogens (tertiary/aromatic N) is 1. The smallest absolute Gasteiger partial charge is 0.416 e. The van der Waals surface area contributed by atoms with Crippen molar-refractivity contribution >= 4 is 27.7 Å². The molecule has 0 spiro atoms. The molecule has 8 heteroatoms. The second kappa shape index (κ2) is 7.51. The largest absolute Gasteiger partial charge is 0.464 e. The predicted octanol–water partition coefficient (Wildman–Crippen LogP) is 6.36. The number of carbonyl (C=O) groups excluding carboxylic acids is 1. The summed E-state index contributed by atoms with van der Waals surface area (Å²) >= 11 is 0. The van der Waals surface area contributed by atoms with E-state index in [0.29, 0.717) is 33.1 Å². The fourth-order valence-corrected chi connectivity index (χ4v) is 4.26. The first-order chi connectivity index (χ1) is 15.8. The van der Waals surface area contributed by atoms with Crippen molar-refractivity contribution in [3.63, 3.8) is 0 Å². The van der Waals surface area contributed by atoms with Gasteiger partial charge in [0.25, 0.3) is 0 Å². The Morgan fingerprint density at radius 2 is 1.76 bits per heavy atom. The molecule has 2 heterocycles. The molecule has 1 amide bonds. The summed E-state index contributed by atoms with van der Waals surface area (Å²) in [7, 11) is 0. The van der Waals surface area contributed by atoms with Crippen LogP contribution in [0.1, 0.15) is 21.5 Å². The average Bonchev–Trinajstić information content (AvgIpc) is 3.41. The van der Waals surface area contributed by atoms with Crippen LogP contribution in [0.2, 0.25) is 0 Å². The molecule has 0 saturated heterocycles. The molecular formula is C25H16F4N2O2. The third kappa shape index (κ3) is 3.44. The normalized spacial score (nSPS) is 12.0. The number of hydrogen-bond acceptors (Lipinski definition) is 2. The Bertz CT molecular complexity index is 1520. The summed E-state index contributed by atoms with van der Waals surface area (Å²) in [5, 5.41) is 1.11. The monoisotopic (exact) mass is 452 g/mol. The van der Waals surface area contributed by atoms with Gasteiger partial charge in [-0.1, -0.05) is 24.3 Å². The number of nitrogens with two attached hydrogens (primary N) is 1. The molecule has 0 radical (unpaired) electrons. The maximum absolute atomic E-state index is 14.7. The van der Waals surface area contributed by atoms with Gasteiger partial charge in [0.15, 0.2) is 0 Å². The Morgan fingerprint density at radius 1 is 0.970 bits per heavy atom. The molecule has 2 aromatic heterocycles. The summed E-state index contributed by atoms with van der Waals surface area (Å²) in [6.45, 7) is -0.397. The van der Waals surface area contributed by atoms with Crippen LogP contribution in [0.15, 0.2) is 77.4 Å². The molecule has 0 atom stereocenters. The van der Waals surface area contributed by atoms with Gasteiger partial charge in [0.05, 0.1) is 29.4 Å². The van der Waals surface area contributed by atoms with Crippen LogP contribution in [-0.4, -0.2) is 10.5 Å². The van der Waals surface area contributed by atoms with Crippen molar-refractivity contribution in [1.82, 2.24) is 4.57 Å². The van der Waals surface area contributed by atoms with Crippen LogP contribution in [0.4, 0.5) is 17.6 Å². The van der Waals surface area contributed by atoms with Gasteiger partial charge in [-0.05, 0) is 42.5 Å². The van der Waals surface area contributed by atoms with E-state index in [9.17, 15) is 22.4 Å². The number of fused-ring (bicyclic) bond motifs is 3. The number of primary amides is 1. The molecule has 33 heavy (non-hydrogen) atoms. The standard InChI is InChI=1S/C25H16F4N2O2/c26-19-6-2-5-18(25(27,28)29)17(19)13-31-20-7-1-4-16(24(30)32)23(20)15-10-9-14(12-21(15)31)22-8-3-11-33-22/h1-12H,13H2,(H2,30,32). The molecule has 2 N–H and O–H groups in total. The molecule has 166 valence electrons. The Labute approximate surface area is 184 Å². The fraction of sp³-hybridized carbons (Fsp3) is 0.0800. The van der Waals surface area contributed by atoms with Crippen LogP contribution in [0.3, 0.4) is 0 Å². The first kappa shape index (κ1) is 20.8. The van der Waals surface area contributed by atoms with Crippen LogP contribution < -0.4 is 5.73 Å². The highest BCUT2D eigenvalue weighted by atomic mass is 19.4. The molecule has 5 rings (SSSR count). The van der Waals surface area contributed by atoms with Crippen molar-refractivity contribution < 1.29 is 26.8 Å². The first-order valence-corrected chi connectivity index (χ1v) is 9.99. The number of hydrogen-bond donors (Lipinski definition) is 1. The van der Waals surface area contributed by atoms with Crippen molar-refractivity contribution in [3.8, 4) is 11.3 Å². The molecule has 0 bridgehead atoms. The number of benzene rings is 3. The lowest BCUT2D eigenvalue weighted by Crippen LogP contribution is -2.14. The summed E-state index contributed by atoms with van der Waals surface area (Å²) in [5.41, 5.74) is 5.93. The predicted molar refractivity (Wildman–Crippen MR) is 116 cm³/mol. The number of alkyl halides is 3. The maximum atomic E-state index is 14.7. The van der Waals surface area contributed by atoms with Crippen molar-refractivity contribution in [2.24, 2.45) is 5.73 Å². The number of furan rings is 1. The zero-order valence-corrected chi connectivity index (χ0v) is 17.0. The molecule has 0 fully saturated rings. The highest BCUT2D eigenvalue weighted by molar-refractivity contribution is 6.18. The summed E-state index contributed by atoms with van der Waals surface area (Å²) in [6, 6.07) is 16.5. The van der Waals surface area contributed by atoms with Crippen LogP contribution in [-0.2, 0) is 12.7 Å². The zero-order valence-electron chi connectivity index (χ0n) is 17.0. The van der Waals surface area contributed by atoms with Gasteiger partial charge in [-0.3, -0.25) is 4.79 Å². The fourth-order valence-electron chi connectivity index (χ4n) is 4.26. The average molecular weight is 452 g/mol. The zero-order chi connectivity index (χ0) is 23.3. The molecular weight excluding hydrogens is 436 g/mol. The Hall–Kier alpha value is -4.07. The molecule has 4 nitrogen and oxygen atoms in total. The van der Waals surface area contributed by atoms with E-state index >= 15 is 0 Å². The van der Waals surface area contributed by atoms with Gasteiger partial charge < -0.3 is 14.7 Å². The molecule has 0 aliphatic rings. The molecule has 0 saturated carbocycles. The minimum absolute atomic E-state index is 0.228. The third-order valence-electron chi connectivity index (χ3n) is 5.70. The van der Waals surface area contributed by atoms with Crippen molar-refractivity contribution in [3.05, 3.63) is 95.5 Å². The van der Waals surface area contributed by atoms with E-state index in [1.165, 1.54) is 6.26 Å². The van der Waals surface area contributed by atoms with E-state index in [1.807, 2.05) is 0 Å². The van der Waals surface area contributed by atoms with Gasteiger partial charge in [-0.2, -0.15) is 13.2 Å². The molecule has 5 aromatic rings. The van der Waals surface area contributed by atoms with Crippen LogP contribution in [0.25, 0.3) is 33.1 Å². The molecule has 0 unspecified atom stereocenters. The summed E-state index contributed by atoms with van der Waals surface area (Å²) in [4.78, 5) is 12.1. The van der Waals surface area contributed by atoms with E-state index in [0.717, 1.165) is 18.2 Å². The van der Waals surface area contributed by atoms with Gasteiger partial charge in [-0.15, -0.1) is 0 Å². The number of amides is 1. The topological polar surface area (TPSA) is 61.2 Å². The number of carbonyl (C=O) groups is 1. The number of aromatic nitrogens is 1. The lowest BCUT2D eigenvalue weighted by Gasteiger charge is -2.16. The number of rotatable bonds is 4. The van der Waals surface area contributed by atoms with E-state index < -0.39 is 35.6 Å². The molecule has 3 aromatic carbocycles. The highest BCUT2D eigenvalue weighted by Gasteiger charge is 2.34. The van der Waals surface area contributed by atoms with E-state index in [1.54, 1.807) is 53.1 Å². The third-order valence-corrected chi connectivity index (χ3v) is 5.70. The SMILES string of the molecule is NC(=O)c1cccc2c1c1ccc(-c3ccco3)cc1n2Cc1c(F)cccc1C(F)(F)F. The van der Waals surface area contributed by atoms with Crippen LogP contribution >= 0.6 is 0 Å². The molecule has 0 aliphatic carbocycles. The van der Waals surface area contributed by atoms with Gasteiger partial charge in [0, 0.05) is 27.5 Å². The van der Waals surface area contributed by atoms with Crippen molar-refractivity contribution in [1.29, 1.82) is 0 Å². The summed E-state index contributed by atoms with van der Waals surface area (Å²) in [6.07, 6.45) is -3.22. The summed E-state index contributed by atoms with van der Waals surface area (Å²) in [5.74, 6) is -1.07. The van der Waals surface area contributed by atoms with Gasteiger partial charge in [0.1, 0.15) is 11.6 Å². The Kier molecular flexibility index (Phi) is 4.74. The second-order valence-electron chi connectivity index (χ2n) is 7.62. The van der Waals surface area contributed by atoms with E-state index in [-0.39, 0.29) is 5.56 Å². The van der Waals surface area contributed by atoms with Gasteiger partial charge >= 0.3 is 6.18 Å². The quantitative estimate of drug-likeness (QED) is 0.323. The van der Waals surface area contributed by atoms with Crippen molar-refractivity contribution in [2.45, 2.75) is 12.7 Å². The first-order valence-electron chi connectivity index (χ1n) is 9.99. The minimum atomic E-state index is -4.73. The van der Waals surface area contributed by atoms with Gasteiger partial charge in [0.2, 0.25) is 5.91 Å². The van der Waals surface area contributed by atoms with E-state index in [2.05, 4.69) is 0 Å². The maximum Gasteiger partial charge on any atom is 0.416 e. The lowest BCUT2D eigenvalue weighted by atomic mass is 10.0. The lowest BCUT2D eigenvalue weighted by molar-refractivity contribution is -0.138. The molecule has 0 aliphatic heterocycles. The van der Waals surface area contributed by atoms with E-state index in [4.69, 9.17) is 10.2 Å². The number of halogens is 4. The van der Waals surface area contributed by atoms with Crippen molar-refractivity contribution in [2.75, 3.05) is 0 Å².